The van der Waals surface area contributed by atoms with Crippen molar-refractivity contribution in [1.82, 2.24) is 0 Å². The molecule has 0 heterocycles. The molecule has 0 aliphatic heterocycles. The van der Waals surface area contributed by atoms with Gasteiger partial charge in [0, 0.05) is 12.0 Å². The molecule has 136 valence electrons. The SMILES string of the molecule is C=CC(=O)O[C@@H]1CCC[C@@H]2CCC[C@](C)(c3cc(OC)ccc3C)[C@H]21. The molecule has 4 atom stereocenters. The standard InChI is InChI=1S/C22H30O3/c1-5-20(23)25-19-10-6-8-16-9-7-13-22(3,21(16)19)18-14-17(24-4)12-11-15(18)2/h5,11-12,14,16,19,21H,1,6-10,13H2,2-4H3/t16-,19-,21-,22-/m1/s1. The molecule has 1 aromatic carbocycles. The van der Waals surface area contributed by atoms with Gasteiger partial charge in [-0.3, -0.25) is 0 Å². The van der Waals surface area contributed by atoms with Crippen molar-refractivity contribution >= 4 is 5.97 Å². The molecule has 1 aromatic rings. The lowest BCUT2D eigenvalue weighted by atomic mass is 9.54. The average molecular weight is 342 g/mol. The highest BCUT2D eigenvalue weighted by Crippen LogP contribution is 2.53. The molecule has 3 heteroatoms. The second kappa shape index (κ2) is 7.23. The normalized spacial score (nSPS) is 31.7. The van der Waals surface area contributed by atoms with Crippen LogP contribution in [0.3, 0.4) is 0 Å². The molecule has 0 radical (unpaired) electrons. The fraction of sp³-hybridized carbons (Fsp3) is 0.591. The molecule has 0 spiro atoms. The number of hydrogen-bond acceptors (Lipinski definition) is 3. The summed E-state index contributed by atoms with van der Waals surface area (Å²) in [5, 5.41) is 0. The minimum absolute atomic E-state index is 0.00801. The van der Waals surface area contributed by atoms with Crippen LogP contribution in [0.2, 0.25) is 0 Å². The number of fused-ring (bicyclic) bond motifs is 1. The zero-order chi connectivity index (χ0) is 18.0. The maximum Gasteiger partial charge on any atom is 0.330 e. The van der Waals surface area contributed by atoms with Crippen molar-refractivity contribution in [3.8, 4) is 5.75 Å². The van der Waals surface area contributed by atoms with Crippen molar-refractivity contribution in [2.45, 2.75) is 63.9 Å². The van der Waals surface area contributed by atoms with Crippen LogP contribution >= 0.6 is 0 Å². The predicted octanol–water partition coefficient (Wildman–Crippen LogP) is 4.96. The van der Waals surface area contributed by atoms with Gasteiger partial charge >= 0.3 is 5.97 Å². The van der Waals surface area contributed by atoms with E-state index in [0.29, 0.717) is 11.8 Å². The van der Waals surface area contributed by atoms with E-state index in [2.05, 4.69) is 32.6 Å². The van der Waals surface area contributed by atoms with Gasteiger partial charge in [-0.15, -0.1) is 0 Å². The highest BCUT2D eigenvalue weighted by Gasteiger charge is 2.50. The Morgan fingerprint density at radius 3 is 2.76 bits per heavy atom. The number of ether oxygens (including phenoxy) is 2. The van der Waals surface area contributed by atoms with Crippen LogP contribution in [0.1, 0.15) is 56.6 Å². The van der Waals surface area contributed by atoms with Gasteiger partial charge in [-0.25, -0.2) is 4.79 Å². The van der Waals surface area contributed by atoms with Crippen LogP contribution in [0.5, 0.6) is 5.75 Å². The molecule has 2 fully saturated rings. The lowest BCUT2D eigenvalue weighted by Crippen LogP contribution is -2.50. The lowest BCUT2D eigenvalue weighted by Gasteiger charge is -2.52. The molecule has 0 saturated heterocycles. The number of hydrogen-bond donors (Lipinski definition) is 0. The van der Waals surface area contributed by atoms with E-state index in [0.717, 1.165) is 25.0 Å². The quantitative estimate of drug-likeness (QED) is 0.573. The maximum absolute atomic E-state index is 11.9. The number of aryl methyl sites for hydroxylation is 1. The number of carbonyl (C=O) groups is 1. The number of methoxy groups -OCH3 is 1. The van der Waals surface area contributed by atoms with E-state index in [1.807, 2.05) is 6.07 Å². The lowest BCUT2D eigenvalue weighted by molar-refractivity contribution is -0.153. The van der Waals surface area contributed by atoms with Gasteiger partial charge in [0.2, 0.25) is 0 Å². The molecule has 3 nitrogen and oxygen atoms in total. The van der Waals surface area contributed by atoms with Gasteiger partial charge < -0.3 is 9.47 Å². The highest BCUT2D eigenvalue weighted by molar-refractivity contribution is 5.81. The van der Waals surface area contributed by atoms with Gasteiger partial charge in [0.05, 0.1) is 7.11 Å². The molecule has 0 N–H and O–H groups in total. The van der Waals surface area contributed by atoms with E-state index in [4.69, 9.17) is 9.47 Å². The first-order valence-electron chi connectivity index (χ1n) is 9.47. The van der Waals surface area contributed by atoms with Crippen molar-refractivity contribution < 1.29 is 14.3 Å². The number of benzene rings is 1. The molecule has 3 rings (SSSR count). The maximum atomic E-state index is 11.9. The third-order valence-electron chi connectivity index (χ3n) is 6.47. The van der Waals surface area contributed by atoms with E-state index >= 15 is 0 Å². The zero-order valence-corrected chi connectivity index (χ0v) is 15.7. The molecule has 0 unspecified atom stereocenters. The van der Waals surface area contributed by atoms with E-state index < -0.39 is 0 Å². The number of esters is 1. The first-order chi connectivity index (χ1) is 12.0. The first kappa shape index (κ1) is 18.0. The largest absolute Gasteiger partial charge is 0.497 e. The minimum atomic E-state index is -0.291. The van der Waals surface area contributed by atoms with E-state index in [1.165, 1.54) is 36.5 Å². The summed E-state index contributed by atoms with van der Waals surface area (Å²) >= 11 is 0. The van der Waals surface area contributed by atoms with Crippen LogP contribution in [-0.4, -0.2) is 19.2 Å². The highest BCUT2D eigenvalue weighted by atomic mass is 16.5. The average Bonchev–Trinajstić information content (AvgIpc) is 2.62. The minimum Gasteiger partial charge on any atom is -0.497 e. The van der Waals surface area contributed by atoms with Crippen LogP contribution in [0, 0.1) is 18.8 Å². The van der Waals surface area contributed by atoms with Gasteiger partial charge in [0.15, 0.2) is 0 Å². The van der Waals surface area contributed by atoms with Crippen molar-refractivity contribution in [3.63, 3.8) is 0 Å². The van der Waals surface area contributed by atoms with Crippen molar-refractivity contribution in [3.05, 3.63) is 42.0 Å². The smallest absolute Gasteiger partial charge is 0.330 e. The van der Waals surface area contributed by atoms with Gasteiger partial charge in [0.1, 0.15) is 11.9 Å². The zero-order valence-electron chi connectivity index (χ0n) is 15.7. The van der Waals surface area contributed by atoms with Crippen LogP contribution in [0.4, 0.5) is 0 Å². The fourth-order valence-electron chi connectivity index (χ4n) is 5.38. The molecule has 25 heavy (non-hydrogen) atoms. The summed E-state index contributed by atoms with van der Waals surface area (Å²) in [6, 6.07) is 6.37. The second-order valence-corrected chi connectivity index (χ2v) is 7.89. The number of carbonyl (C=O) groups excluding carboxylic acids is 1. The summed E-state index contributed by atoms with van der Waals surface area (Å²) in [7, 11) is 1.72. The Bertz CT molecular complexity index is 649. The molecule has 0 amide bonds. The molecule has 0 bridgehead atoms. The van der Waals surface area contributed by atoms with Gasteiger partial charge in [-0.2, -0.15) is 0 Å². The number of rotatable bonds is 4. The third kappa shape index (κ3) is 3.33. The van der Waals surface area contributed by atoms with E-state index in [1.54, 1.807) is 7.11 Å². The van der Waals surface area contributed by atoms with Crippen LogP contribution in [0.15, 0.2) is 30.9 Å². The fourth-order valence-corrected chi connectivity index (χ4v) is 5.38. The summed E-state index contributed by atoms with van der Waals surface area (Å²) in [5.74, 6) is 1.60. The second-order valence-electron chi connectivity index (χ2n) is 7.89. The summed E-state index contributed by atoms with van der Waals surface area (Å²) in [6.07, 6.45) is 8.22. The van der Waals surface area contributed by atoms with Gasteiger partial charge in [0.25, 0.3) is 0 Å². The van der Waals surface area contributed by atoms with E-state index in [9.17, 15) is 4.79 Å². The third-order valence-corrected chi connectivity index (χ3v) is 6.47. The Labute approximate surface area is 151 Å². The van der Waals surface area contributed by atoms with Gasteiger partial charge in [-0.05, 0) is 73.6 Å². The first-order valence-corrected chi connectivity index (χ1v) is 9.47. The van der Waals surface area contributed by atoms with Crippen LogP contribution < -0.4 is 4.74 Å². The topological polar surface area (TPSA) is 35.5 Å². The van der Waals surface area contributed by atoms with Crippen LogP contribution in [-0.2, 0) is 14.9 Å². The van der Waals surface area contributed by atoms with Crippen molar-refractivity contribution in [2.75, 3.05) is 7.11 Å². The predicted molar refractivity (Wildman–Crippen MR) is 99.8 cm³/mol. The molecular weight excluding hydrogens is 312 g/mol. The summed E-state index contributed by atoms with van der Waals surface area (Å²) in [6.45, 7) is 8.11. The van der Waals surface area contributed by atoms with Crippen LogP contribution in [0.25, 0.3) is 0 Å². The summed E-state index contributed by atoms with van der Waals surface area (Å²) in [4.78, 5) is 11.9. The Balaban J connectivity index is 2.02. The monoisotopic (exact) mass is 342 g/mol. The Hall–Kier alpha value is -1.77. The Morgan fingerprint density at radius 2 is 2.04 bits per heavy atom. The van der Waals surface area contributed by atoms with E-state index in [-0.39, 0.29) is 17.5 Å². The molecule has 2 saturated carbocycles. The summed E-state index contributed by atoms with van der Waals surface area (Å²) in [5.41, 5.74) is 2.65. The summed E-state index contributed by atoms with van der Waals surface area (Å²) < 4.78 is 11.3. The molecular formula is C22H30O3. The van der Waals surface area contributed by atoms with Crippen molar-refractivity contribution in [2.24, 2.45) is 11.8 Å². The van der Waals surface area contributed by atoms with Gasteiger partial charge in [-0.1, -0.05) is 26.0 Å². The Morgan fingerprint density at radius 1 is 1.28 bits per heavy atom. The Kier molecular flexibility index (Phi) is 5.21. The molecule has 0 aromatic heterocycles. The van der Waals surface area contributed by atoms with Crippen molar-refractivity contribution in [1.29, 1.82) is 0 Å². The molecule has 2 aliphatic rings. The molecule has 2 aliphatic carbocycles.